The zero-order chi connectivity index (χ0) is 8.97. The number of hydrogen-bond acceptors (Lipinski definition) is 2. The van der Waals surface area contributed by atoms with E-state index in [4.69, 9.17) is 0 Å². The van der Waals surface area contributed by atoms with Gasteiger partial charge in [0.05, 0.1) is 6.20 Å². The fourth-order valence-corrected chi connectivity index (χ4v) is 1.02. The number of carbonyl (C=O) groups is 1. The smallest absolute Gasteiger partial charge is 0.137 e. The third-order valence-corrected chi connectivity index (χ3v) is 1.81. The van der Waals surface area contributed by atoms with Gasteiger partial charge in [-0.25, -0.2) is 0 Å². The van der Waals surface area contributed by atoms with Crippen LogP contribution in [0.5, 0.6) is 0 Å². The van der Waals surface area contributed by atoms with Gasteiger partial charge in [-0.1, -0.05) is 6.92 Å². The zero-order valence-electron chi connectivity index (χ0n) is 7.58. The van der Waals surface area contributed by atoms with Gasteiger partial charge >= 0.3 is 0 Å². The number of aromatic nitrogens is 2. The van der Waals surface area contributed by atoms with Crippen LogP contribution in [0.1, 0.15) is 25.8 Å². The molecule has 0 aliphatic heterocycles. The van der Waals surface area contributed by atoms with Crippen molar-refractivity contribution in [3.8, 4) is 0 Å². The van der Waals surface area contributed by atoms with Crippen molar-refractivity contribution in [1.82, 2.24) is 9.78 Å². The van der Waals surface area contributed by atoms with Gasteiger partial charge in [-0.15, -0.1) is 0 Å². The monoisotopic (exact) mass is 166 g/mol. The summed E-state index contributed by atoms with van der Waals surface area (Å²) in [5, 5.41) is 4.09. The van der Waals surface area contributed by atoms with Crippen LogP contribution >= 0.6 is 0 Å². The quantitative estimate of drug-likeness (QED) is 0.678. The van der Waals surface area contributed by atoms with Gasteiger partial charge in [-0.3, -0.25) is 9.48 Å². The maximum absolute atomic E-state index is 11.0. The molecule has 0 fully saturated rings. The lowest BCUT2D eigenvalue weighted by atomic mass is 10.1. The summed E-state index contributed by atoms with van der Waals surface area (Å²) in [6.07, 6.45) is 4.82. The molecule has 0 radical (unpaired) electrons. The predicted octanol–water partition coefficient (Wildman–Crippen LogP) is 1.42. The molecule has 3 nitrogen and oxygen atoms in total. The van der Waals surface area contributed by atoms with E-state index in [1.54, 1.807) is 6.20 Å². The molecule has 0 saturated carbocycles. The van der Waals surface area contributed by atoms with Crippen molar-refractivity contribution in [2.45, 2.75) is 33.2 Å². The van der Waals surface area contributed by atoms with Crippen LogP contribution in [0.3, 0.4) is 0 Å². The maximum atomic E-state index is 11.0. The fourth-order valence-electron chi connectivity index (χ4n) is 1.02. The molecule has 0 aliphatic carbocycles. The van der Waals surface area contributed by atoms with Crippen LogP contribution in [0.25, 0.3) is 0 Å². The molecule has 12 heavy (non-hydrogen) atoms. The Hall–Kier alpha value is -1.12. The highest BCUT2D eigenvalue weighted by molar-refractivity contribution is 5.80. The van der Waals surface area contributed by atoms with Crippen LogP contribution in [0, 0.1) is 0 Å². The number of Topliss-reactive ketones (excluding diaryl/α,β-unsaturated/α-hetero) is 1. The lowest BCUT2D eigenvalue weighted by molar-refractivity contribution is -0.118. The van der Waals surface area contributed by atoms with E-state index in [2.05, 4.69) is 5.10 Å². The number of aryl methyl sites for hydroxylation is 1. The zero-order valence-corrected chi connectivity index (χ0v) is 7.58. The Bertz CT molecular complexity index is 265. The Morgan fingerprint density at radius 1 is 1.58 bits per heavy atom. The van der Waals surface area contributed by atoms with Crippen molar-refractivity contribution in [3.63, 3.8) is 0 Å². The van der Waals surface area contributed by atoms with Crippen molar-refractivity contribution in [3.05, 3.63) is 18.0 Å². The van der Waals surface area contributed by atoms with Crippen molar-refractivity contribution in [2.24, 2.45) is 0 Å². The molecule has 0 N–H and O–H groups in total. The van der Waals surface area contributed by atoms with E-state index < -0.39 is 0 Å². The standard InChI is InChI=1S/C9H14N2O/c1-3-9(12)5-8-6-10-11(4-2)7-8/h6-7H,3-5H2,1-2H3. The average molecular weight is 166 g/mol. The first-order valence-electron chi connectivity index (χ1n) is 4.29. The molecule has 66 valence electrons. The second kappa shape index (κ2) is 4.04. The predicted molar refractivity (Wildman–Crippen MR) is 46.9 cm³/mol. The largest absolute Gasteiger partial charge is 0.299 e. The number of nitrogens with zero attached hydrogens (tertiary/aromatic N) is 2. The van der Waals surface area contributed by atoms with Crippen molar-refractivity contribution >= 4 is 5.78 Å². The Labute approximate surface area is 72.4 Å². The average Bonchev–Trinajstić information content (AvgIpc) is 2.52. The van der Waals surface area contributed by atoms with E-state index in [9.17, 15) is 4.79 Å². The summed E-state index contributed by atoms with van der Waals surface area (Å²) in [5.41, 5.74) is 1.02. The van der Waals surface area contributed by atoms with Gasteiger partial charge in [0.25, 0.3) is 0 Å². The van der Waals surface area contributed by atoms with Crippen LogP contribution in [0.15, 0.2) is 12.4 Å². The third-order valence-electron chi connectivity index (χ3n) is 1.81. The van der Waals surface area contributed by atoms with E-state index in [1.807, 2.05) is 24.7 Å². The lowest BCUT2D eigenvalue weighted by Gasteiger charge is -1.92. The summed E-state index contributed by atoms with van der Waals surface area (Å²) >= 11 is 0. The van der Waals surface area contributed by atoms with Crippen LogP contribution in [-0.4, -0.2) is 15.6 Å². The summed E-state index contributed by atoms with van der Waals surface area (Å²) in [6.45, 7) is 4.77. The summed E-state index contributed by atoms with van der Waals surface area (Å²) in [6, 6.07) is 0. The summed E-state index contributed by atoms with van der Waals surface area (Å²) in [4.78, 5) is 11.0. The highest BCUT2D eigenvalue weighted by Gasteiger charge is 2.02. The van der Waals surface area contributed by atoms with Crippen molar-refractivity contribution in [1.29, 1.82) is 0 Å². The molecule has 0 aromatic carbocycles. The number of hydrogen-bond donors (Lipinski definition) is 0. The fraction of sp³-hybridized carbons (Fsp3) is 0.556. The maximum Gasteiger partial charge on any atom is 0.137 e. The Balaban J connectivity index is 2.58. The van der Waals surface area contributed by atoms with Gasteiger partial charge in [0.1, 0.15) is 5.78 Å². The molecule has 1 aromatic heterocycles. The minimum absolute atomic E-state index is 0.269. The molecule has 1 heterocycles. The Morgan fingerprint density at radius 2 is 2.33 bits per heavy atom. The third kappa shape index (κ3) is 2.19. The SMILES string of the molecule is CCC(=O)Cc1cnn(CC)c1. The number of rotatable bonds is 4. The Kier molecular flexibility index (Phi) is 3.02. The molecule has 0 amide bonds. The molecule has 0 atom stereocenters. The van der Waals surface area contributed by atoms with Crippen LogP contribution < -0.4 is 0 Å². The van der Waals surface area contributed by atoms with E-state index in [1.165, 1.54) is 0 Å². The second-order valence-corrected chi connectivity index (χ2v) is 2.77. The van der Waals surface area contributed by atoms with Gasteiger partial charge in [0.2, 0.25) is 0 Å². The Morgan fingerprint density at radius 3 is 2.83 bits per heavy atom. The minimum Gasteiger partial charge on any atom is -0.299 e. The second-order valence-electron chi connectivity index (χ2n) is 2.77. The van der Waals surface area contributed by atoms with Crippen LogP contribution in [0.2, 0.25) is 0 Å². The summed E-state index contributed by atoms with van der Waals surface area (Å²) in [5.74, 6) is 0.269. The first-order chi connectivity index (χ1) is 5.76. The summed E-state index contributed by atoms with van der Waals surface area (Å²) in [7, 11) is 0. The molecule has 1 rings (SSSR count). The van der Waals surface area contributed by atoms with Crippen LogP contribution in [0.4, 0.5) is 0 Å². The van der Waals surface area contributed by atoms with Crippen molar-refractivity contribution < 1.29 is 4.79 Å². The molecule has 0 bridgehead atoms. The molecular weight excluding hydrogens is 152 g/mol. The molecule has 0 saturated heterocycles. The molecule has 1 aromatic rings. The normalized spacial score (nSPS) is 10.2. The van der Waals surface area contributed by atoms with Gasteiger partial charge in [-0.2, -0.15) is 5.10 Å². The molecule has 0 unspecified atom stereocenters. The number of carbonyl (C=O) groups excluding carboxylic acids is 1. The molecule has 0 aliphatic rings. The minimum atomic E-state index is 0.269. The van der Waals surface area contributed by atoms with E-state index in [-0.39, 0.29) is 5.78 Å². The highest BCUT2D eigenvalue weighted by Crippen LogP contribution is 2.00. The van der Waals surface area contributed by atoms with Crippen LogP contribution in [-0.2, 0) is 17.8 Å². The number of ketones is 1. The summed E-state index contributed by atoms with van der Waals surface area (Å²) < 4.78 is 1.83. The van der Waals surface area contributed by atoms with Gasteiger partial charge in [-0.05, 0) is 12.5 Å². The van der Waals surface area contributed by atoms with Gasteiger partial charge < -0.3 is 0 Å². The lowest BCUT2D eigenvalue weighted by Crippen LogP contribution is -1.99. The first-order valence-corrected chi connectivity index (χ1v) is 4.29. The van der Waals surface area contributed by atoms with Gasteiger partial charge in [0.15, 0.2) is 0 Å². The first kappa shape index (κ1) is 8.97. The highest BCUT2D eigenvalue weighted by atomic mass is 16.1. The van der Waals surface area contributed by atoms with E-state index in [0.717, 1.165) is 12.1 Å². The van der Waals surface area contributed by atoms with E-state index in [0.29, 0.717) is 12.8 Å². The van der Waals surface area contributed by atoms with Gasteiger partial charge in [0, 0.05) is 25.6 Å². The topological polar surface area (TPSA) is 34.9 Å². The van der Waals surface area contributed by atoms with E-state index >= 15 is 0 Å². The molecular formula is C9H14N2O. The molecule has 0 spiro atoms. The molecule has 3 heteroatoms. The van der Waals surface area contributed by atoms with Crippen molar-refractivity contribution in [2.75, 3.05) is 0 Å².